The van der Waals surface area contributed by atoms with E-state index in [1.807, 2.05) is 0 Å². The summed E-state index contributed by atoms with van der Waals surface area (Å²) < 4.78 is 5.19. The topological polar surface area (TPSA) is 131 Å². The zero-order valence-electron chi connectivity index (χ0n) is 10.00. The highest BCUT2D eigenvalue weighted by Crippen LogP contribution is 2.27. The van der Waals surface area contributed by atoms with Gasteiger partial charge in [-0.1, -0.05) is 15.9 Å². The summed E-state index contributed by atoms with van der Waals surface area (Å²) >= 11 is 2.86. The number of aliphatic hydroxyl groups is 6. The van der Waals surface area contributed by atoms with Crippen LogP contribution in [0.5, 0.6) is 0 Å². The van der Waals surface area contributed by atoms with E-state index in [4.69, 9.17) is 30.3 Å². The SMILES string of the molecule is OCC(CO)(CO)COCC(CO)(CO)C(O)Br. The van der Waals surface area contributed by atoms with Crippen LogP contribution in [-0.4, -0.2) is 81.9 Å². The lowest BCUT2D eigenvalue weighted by Gasteiger charge is -2.33. The Labute approximate surface area is 114 Å². The molecule has 8 heteroatoms. The normalized spacial score (nSPS) is 14.8. The van der Waals surface area contributed by atoms with Crippen molar-refractivity contribution in [2.24, 2.45) is 10.8 Å². The van der Waals surface area contributed by atoms with Crippen molar-refractivity contribution in [1.82, 2.24) is 0 Å². The van der Waals surface area contributed by atoms with Gasteiger partial charge in [0.1, 0.15) is 5.01 Å². The monoisotopic (exact) mass is 332 g/mol. The molecule has 0 aliphatic carbocycles. The van der Waals surface area contributed by atoms with Crippen LogP contribution in [0.4, 0.5) is 0 Å². The molecular formula is C10H21BrO7. The van der Waals surface area contributed by atoms with Crippen molar-refractivity contribution in [3.63, 3.8) is 0 Å². The van der Waals surface area contributed by atoms with Crippen molar-refractivity contribution in [1.29, 1.82) is 0 Å². The molecule has 7 nitrogen and oxygen atoms in total. The fraction of sp³-hybridized carbons (Fsp3) is 1.00. The first-order chi connectivity index (χ1) is 8.45. The van der Waals surface area contributed by atoms with Crippen molar-refractivity contribution >= 4 is 15.9 Å². The van der Waals surface area contributed by atoms with Gasteiger partial charge in [-0.05, 0) is 0 Å². The van der Waals surface area contributed by atoms with Gasteiger partial charge in [0.25, 0.3) is 0 Å². The second-order valence-corrected chi connectivity index (χ2v) is 5.35. The molecule has 6 N–H and O–H groups in total. The summed E-state index contributed by atoms with van der Waals surface area (Å²) in [4.78, 5) is 0. The molecule has 0 saturated heterocycles. The molecule has 0 aromatic rings. The molecule has 0 aromatic heterocycles. The highest BCUT2D eigenvalue weighted by atomic mass is 79.9. The molecule has 0 fully saturated rings. The number of ether oxygens (including phenoxy) is 1. The van der Waals surface area contributed by atoms with Gasteiger partial charge in [0.15, 0.2) is 0 Å². The zero-order chi connectivity index (χ0) is 14.2. The Kier molecular flexibility index (Phi) is 8.48. The van der Waals surface area contributed by atoms with Crippen LogP contribution in [0.2, 0.25) is 0 Å². The Hall–Kier alpha value is 0.200. The third-order valence-corrected chi connectivity index (χ3v) is 3.91. The number of rotatable bonds is 10. The first kappa shape index (κ1) is 18.2. The lowest BCUT2D eigenvalue weighted by atomic mass is 9.91. The van der Waals surface area contributed by atoms with Crippen molar-refractivity contribution < 1.29 is 35.4 Å². The van der Waals surface area contributed by atoms with Crippen LogP contribution in [0.3, 0.4) is 0 Å². The molecule has 0 aliphatic rings. The third-order valence-electron chi connectivity index (χ3n) is 2.94. The lowest BCUT2D eigenvalue weighted by Crippen LogP contribution is -2.45. The fourth-order valence-corrected chi connectivity index (χ4v) is 1.54. The summed E-state index contributed by atoms with van der Waals surface area (Å²) in [6.45, 7) is -2.81. The average molecular weight is 333 g/mol. The molecule has 0 spiro atoms. The highest BCUT2D eigenvalue weighted by molar-refractivity contribution is 9.09. The predicted molar refractivity (Wildman–Crippen MR) is 66.0 cm³/mol. The van der Waals surface area contributed by atoms with Crippen LogP contribution in [-0.2, 0) is 4.74 Å². The highest BCUT2D eigenvalue weighted by Gasteiger charge is 2.37. The van der Waals surface area contributed by atoms with E-state index in [9.17, 15) is 5.11 Å². The molecule has 1 atom stereocenters. The van der Waals surface area contributed by atoms with Gasteiger partial charge >= 0.3 is 0 Å². The van der Waals surface area contributed by atoms with E-state index >= 15 is 0 Å². The van der Waals surface area contributed by atoms with Gasteiger partial charge < -0.3 is 35.4 Å². The second kappa shape index (κ2) is 8.39. The molecule has 0 rings (SSSR count). The number of halogens is 1. The lowest BCUT2D eigenvalue weighted by molar-refractivity contribution is -0.108. The number of hydrogen-bond donors (Lipinski definition) is 6. The fourth-order valence-electron chi connectivity index (χ4n) is 1.12. The van der Waals surface area contributed by atoms with Gasteiger partial charge in [-0.25, -0.2) is 0 Å². The van der Waals surface area contributed by atoms with Crippen molar-refractivity contribution in [3.8, 4) is 0 Å². The molecule has 0 saturated carbocycles. The molecule has 0 aromatic carbocycles. The van der Waals surface area contributed by atoms with Crippen LogP contribution in [0.25, 0.3) is 0 Å². The molecule has 0 radical (unpaired) electrons. The van der Waals surface area contributed by atoms with Crippen molar-refractivity contribution in [3.05, 3.63) is 0 Å². The van der Waals surface area contributed by atoms with Gasteiger partial charge in [0.05, 0.1) is 57.1 Å². The Morgan fingerprint density at radius 2 is 1.28 bits per heavy atom. The summed E-state index contributed by atoms with van der Waals surface area (Å²) in [5.41, 5.74) is -2.47. The van der Waals surface area contributed by atoms with Crippen molar-refractivity contribution in [2.75, 3.05) is 46.2 Å². The van der Waals surface area contributed by atoms with Gasteiger partial charge in [0, 0.05) is 0 Å². The summed E-state index contributed by atoms with van der Waals surface area (Å²) in [5.74, 6) is 0. The van der Waals surface area contributed by atoms with E-state index in [2.05, 4.69) is 15.9 Å². The number of hydrogen-bond acceptors (Lipinski definition) is 7. The van der Waals surface area contributed by atoms with E-state index in [0.29, 0.717) is 0 Å². The minimum absolute atomic E-state index is 0.169. The molecule has 0 bridgehead atoms. The average Bonchev–Trinajstić information content (AvgIpc) is 2.40. The van der Waals surface area contributed by atoms with Gasteiger partial charge in [0.2, 0.25) is 0 Å². The zero-order valence-corrected chi connectivity index (χ0v) is 11.6. The second-order valence-electron chi connectivity index (χ2n) is 4.48. The van der Waals surface area contributed by atoms with Crippen LogP contribution >= 0.6 is 15.9 Å². The van der Waals surface area contributed by atoms with E-state index < -0.39 is 48.9 Å². The van der Waals surface area contributed by atoms with Gasteiger partial charge in [-0.2, -0.15) is 0 Å². The van der Waals surface area contributed by atoms with Crippen molar-refractivity contribution in [2.45, 2.75) is 5.01 Å². The van der Waals surface area contributed by atoms with Crippen LogP contribution < -0.4 is 0 Å². The Bertz CT molecular complexity index is 208. The molecule has 1 unspecified atom stereocenters. The molecule has 18 heavy (non-hydrogen) atoms. The van der Waals surface area contributed by atoms with E-state index in [1.165, 1.54) is 0 Å². The van der Waals surface area contributed by atoms with Crippen LogP contribution in [0.1, 0.15) is 0 Å². The van der Waals surface area contributed by atoms with E-state index in [1.54, 1.807) is 0 Å². The maximum atomic E-state index is 9.43. The summed E-state index contributed by atoms with van der Waals surface area (Å²) in [6, 6.07) is 0. The third kappa shape index (κ3) is 4.39. The standard InChI is InChI=1S/C10H21BrO7/c11-8(17)10(4-15,5-16)7-18-6-9(1-12,2-13)3-14/h8,12-17H,1-7H2. The maximum absolute atomic E-state index is 9.43. The predicted octanol–water partition coefficient (Wildman–Crippen LogP) is -2.35. The van der Waals surface area contributed by atoms with Gasteiger partial charge in [-0.15, -0.1) is 0 Å². The Balaban J connectivity index is 4.46. The number of aliphatic hydroxyl groups excluding tert-OH is 6. The minimum Gasteiger partial charge on any atom is -0.396 e. The summed E-state index contributed by atoms with van der Waals surface area (Å²) in [6.07, 6.45) is 0. The maximum Gasteiger partial charge on any atom is 0.121 e. The molecule has 0 heterocycles. The Morgan fingerprint density at radius 1 is 0.833 bits per heavy atom. The molecule has 0 aliphatic heterocycles. The summed E-state index contributed by atoms with van der Waals surface area (Å²) in [7, 11) is 0. The molecular weight excluding hydrogens is 312 g/mol. The van der Waals surface area contributed by atoms with Crippen LogP contribution in [0.15, 0.2) is 0 Å². The first-order valence-electron chi connectivity index (χ1n) is 5.40. The molecule has 0 amide bonds. The minimum atomic E-state index is -1.29. The summed E-state index contributed by atoms with van der Waals surface area (Å²) in [5, 5.41) is 53.8. The van der Waals surface area contributed by atoms with E-state index in [-0.39, 0.29) is 13.2 Å². The number of alkyl halides is 1. The first-order valence-corrected chi connectivity index (χ1v) is 6.31. The van der Waals surface area contributed by atoms with E-state index in [0.717, 1.165) is 0 Å². The molecule has 110 valence electrons. The largest absolute Gasteiger partial charge is 0.396 e. The Morgan fingerprint density at radius 3 is 1.56 bits per heavy atom. The van der Waals surface area contributed by atoms with Crippen LogP contribution in [0, 0.1) is 10.8 Å². The van der Waals surface area contributed by atoms with Gasteiger partial charge in [-0.3, -0.25) is 0 Å². The smallest absolute Gasteiger partial charge is 0.121 e. The quantitative estimate of drug-likeness (QED) is 0.247.